The topological polar surface area (TPSA) is 97.6 Å². The molecule has 7 nitrogen and oxygen atoms in total. The molecule has 0 aliphatic rings. The van der Waals surface area contributed by atoms with Crippen molar-refractivity contribution in [2.24, 2.45) is 5.84 Å². The molecular formula is C13H16N4O3. The fourth-order valence-electron chi connectivity index (χ4n) is 1.98. The Hall–Kier alpha value is -2.38. The van der Waals surface area contributed by atoms with Gasteiger partial charge >= 0.3 is 0 Å². The van der Waals surface area contributed by atoms with Gasteiger partial charge in [-0.05, 0) is 30.8 Å². The predicted octanol–water partition coefficient (Wildman–Crippen LogP) is 2.11. The number of nitro groups is 1. The monoisotopic (exact) mass is 276 g/mol. The normalized spacial score (nSPS) is 10.8. The number of furan rings is 1. The fourth-order valence-corrected chi connectivity index (χ4v) is 1.98. The molecule has 0 aliphatic carbocycles. The molecule has 0 fully saturated rings. The molecule has 0 saturated heterocycles. The molecule has 0 unspecified atom stereocenters. The van der Waals surface area contributed by atoms with Crippen LogP contribution in [-0.4, -0.2) is 16.9 Å². The Kier molecular flexibility index (Phi) is 4.34. The number of nitro benzene ring substituents is 1. The van der Waals surface area contributed by atoms with Crippen LogP contribution in [0, 0.1) is 10.1 Å². The van der Waals surface area contributed by atoms with Gasteiger partial charge < -0.3 is 9.84 Å². The van der Waals surface area contributed by atoms with E-state index in [1.807, 2.05) is 24.1 Å². The Morgan fingerprint density at radius 1 is 1.40 bits per heavy atom. The smallest absolute Gasteiger partial charge is 0.269 e. The molecule has 0 radical (unpaired) electrons. The van der Waals surface area contributed by atoms with Crippen LogP contribution in [0.5, 0.6) is 0 Å². The molecule has 2 aromatic rings. The Morgan fingerprint density at radius 2 is 2.20 bits per heavy atom. The van der Waals surface area contributed by atoms with E-state index < -0.39 is 4.92 Å². The summed E-state index contributed by atoms with van der Waals surface area (Å²) in [5, 5.41) is 10.8. The molecule has 0 aliphatic heterocycles. The quantitative estimate of drug-likeness (QED) is 0.476. The molecule has 0 saturated carbocycles. The van der Waals surface area contributed by atoms with Gasteiger partial charge in [0.1, 0.15) is 5.76 Å². The van der Waals surface area contributed by atoms with E-state index in [2.05, 4.69) is 5.43 Å². The van der Waals surface area contributed by atoms with E-state index in [9.17, 15) is 10.1 Å². The van der Waals surface area contributed by atoms with Crippen LogP contribution in [0.1, 0.15) is 11.3 Å². The van der Waals surface area contributed by atoms with Crippen molar-refractivity contribution >= 4 is 11.4 Å². The fraction of sp³-hybridized carbons (Fsp3) is 0.231. The number of hydrogen-bond donors (Lipinski definition) is 2. The highest BCUT2D eigenvalue weighted by Crippen LogP contribution is 2.23. The van der Waals surface area contributed by atoms with Gasteiger partial charge in [0.05, 0.1) is 23.4 Å². The Labute approximate surface area is 116 Å². The number of non-ortho nitro benzene ring substituents is 1. The molecule has 1 aromatic heterocycles. The van der Waals surface area contributed by atoms with Crippen LogP contribution in [0.3, 0.4) is 0 Å². The van der Waals surface area contributed by atoms with E-state index in [0.717, 1.165) is 11.3 Å². The lowest BCUT2D eigenvalue weighted by molar-refractivity contribution is -0.384. The maximum atomic E-state index is 10.8. The molecule has 3 N–H and O–H groups in total. The average Bonchev–Trinajstić information content (AvgIpc) is 2.91. The number of rotatable bonds is 6. The predicted molar refractivity (Wildman–Crippen MR) is 74.8 cm³/mol. The van der Waals surface area contributed by atoms with E-state index in [1.165, 1.54) is 12.1 Å². The number of nitrogens with two attached hydrogens (primary N) is 1. The SMILES string of the molecule is CN(Cc1ccco1)Cc1cc([N+](=O)[O-])ccc1NN. The number of anilines is 1. The van der Waals surface area contributed by atoms with Crippen LogP contribution in [0.25, 0.3) is 0 Å². The zero-order valence-electron chi connectivity index (χ0n) is 11.1. The van der Waals surface area contributed by atoms with E-state index in [-0.39, 0.29) is 5.69 Å². The summed E-state index contributed by atoms with van der Waals surface area (Å²) in [7, 11) is 1.90. The Balaban J connectivity index is 2.14. The standard InChI is InChI=1S/C13H16N4O3/c1-16(9-12-3-2-6-20-12)8-10-7-11(17(18)19)4-5-13(10)15-14/h2-7,15H,8-9,14H2,1H3. The number of hydrogen-bond acceptors (Lipinski definition) is 6. The highest BCUT2D eigenvalue weighted by molar-refractivity contribution is 5.55. The number of nitrogen functional groups attached to an aromatic ring is 1. The third-order valence-electron chi connectivity index (χ3n) is 2.90. The first-order valence-corrected chi connectivity index (χ1v) is 6.05. The largest absolute Gasteiger partial charge is 0.468 e. The average molecular weight is 276 g/mol. The molecule has 0 amide bonds. The minimum absolute atomic E-state index is 0.0467. The lowest BCUT2D eigenvalue weighted by atomic mass is 10.1. The number of nitrogens with zero attached hydrogens (tertiary/aromatic N) is 2. The Morgan fingerprint density at radius 3 is 2.80 bits per heavy atom. The lowest BCUT2D eigenvalue weighted by Gasteiger charge is -2.17. The zero-order valence-corrected chi connectivity index (χ0v) is 11.1. The van der Waals surface area contributed by atoms with Crippen LogP contribution < -0.4 is 11.3 Å². The molecule has 7 heteroatoms. The molecular weight excluding hydrogens is 260 g/mol. The second kappa shape index (κ2) is 6.18. The van der Waals surface area contributed by atoms with Crippen molar-refractivity contribution in [1.82, 2.24) is 4.90 Å². The summed E-state index contributed by atoms with van der Waals surface area (Å²) in [4.78, 5) is 12.4. The second-order valence-corrected chi connectivity index (χ2v) is 4.49. The van der Waals surface area contributed by atoms with Gasteiger partial charge in [0.2, 0.25) is 0 Å². The number of benzene rings is 1. The van der Waals surface area contributed by atoms with Crippen LogP contribution in [-0.2, 0) is 13.1 Å². The van der Waals surface area contributed by atoms with E-state index >= 15 is 0 Å². The van der Waals surface area contributed by atoms with Crippen LogP contribution >= 0.6 is 0 Å². The molecule has 0 spiro atoms. The highest BCUT2D eigenvalue weighted by Gasteiger charge is 2.12. The highest BCUT2D eigenvalue weighted by atomic mass is 16.6. The number of hydrazine groups is 1. The summed E-state index contributed by atoms with van der Waals surface area (Å²) >= 11 is 0. The summed E-state index contributed by atoms with van der Waals surface area (Å²) in [5.74, 6) is 6.27. The molecule has 0 atom stereocenters. The molecule has 1 heterocycles. The Bertz CT molecular complexity index is 583. The minimum Gasteiger partial charge on any atom is -0.468 e. The van der Waals surface area contributed by atoms with Gasteiger partial charge in [-0.1, -0.05) is 0 Å². The third kappa shape index (κ3) is 3.34. The first-order chi connectivity index (χ1) is 9.60. The van der Waals surface area contributed by atoms with E-state index in [4.69, 9.17) is 10.3 Å². The summed E-state index contributed by atoms with van der Waals surface area (Å²) in [6, 6.07) is 8.25. The van der Waals surface area contributed by atoms with Crippen molar-refractivity contribution < 1.29 is 9.34 Å². The van der Waals surface area contributed by atoms with Crippen LogP contribution in [0.15, 0.2) is 41.0 Å². The van der Waals surface area contributed by atoms with Gasteiger partial charge in [-0.15, -0.1) is 0 Å². The molecule has 1 aromatic carbocycles. The maximum absolute atomic E-state index is 10.8. The van der Waals surface area contributed by atoms with Gasteiger partial charge in [-0.3, -0.25) is 20.9 Å². The molecule has 20 heavy (non-hydrogen) atoms. The van der Waals surface area contributed by atoms with Crippen molar-refractivity contribution in [2.75, 3.05) is 12.5 Å². The first kappa shape index (κ1) is 14.0. The van der Waals surface area contributed by atoms with E-state index in [0.29, 0.717) is 18.8 Å². The van der Waals surface area contributed by atoms with Crippen molar-refractivity contribution in [3.8, 4) is 0 Å². The molecule has 2 rings (SSSR count). The van der Waals surface area contributed by atoms with Crippen molar-refractivity contribution in [2.45, 2.75) is 13.1 Å². The third-order valence-corrected chi connectivity index (χ3v) is 2.90. The van der Waals surface area contributed by atoms with Gasteiger partial charge in [0.15, 0.2) is 0 Å². The second-order valence-electron chi connectivity index (χ2n) is 4.49. The van der Waals surface area contributed by atoms with Crippen LogP contribution in [0.2, 0.25) is 0 Å². The number of nitrogens with one attached hydrogen (secondary N) is 1. The summed E-state index contributed by atoms with van der Waals surface area (Å²) in [5.41, 5.74) is 4.03. The molecule has 106 valence electrons. The van der Waals surface area contributed by atoms with Gasteiger partial charge in [0.25, 0.3) is 5.69 Å². The minimum atomic E-state index is -0.420. The molecule has 0 bridgehead atoms. The van der Waals surface area contributed by atoms with Crippen molar-refractivity contribution in [3.05, 3.63) is 58.0 Å². The maximum Gasteiger partial charge on any atom is 0.269 e. The summed E-state index contributed by atoms with van der Waals surface area (Å²) < 4.78 is 5.27. The van der Waals surface area contributed by atoms with Gasteiger partial charge in [-0.25, -0.2) is 0 Å². The van der Waals surface area contributed by atoms with Crippen molar-refractivity contribution in [3.63, 3.8) is 0 Å². The summed E-state index contributed by atoms with van der Waals surface area (Å²) in [6.45, 7) is 1.13. The summed E-state index contributed by atoms with van der Waals surface area (Å²) in [6.07, 6.45) is 1.61. The first-order valence-electron chi connectivity index (χ1n) is 6.05. The van der Waals surface area contributed by atoms with Gasteiger partial charge in [0, 0.05) is 18.7 Å². The van der Waals surface area contributed by atoms with Gasteiger partial charge in [-0.2, -0.15) is 0 Å². The van der Waals surface area contributed by atoms with Crippen molar-refractivity contribution in [1.29, 1.82) is 0 Å². The lowest BCUT2D eigenvalue weighted by Crippen LogP contribution is -2.19. The zero-order chi connectivity index (χ0) is 14.5. The van der Waals surface area contributed by atoms with Crippen LogP contribution in [0.4, 0.5) is 11.4 Å². The van der Waals surface area contributed by atoms with E-state index in [1.54, 1.807) is 12.3 Å².